The number of likely N-dealkylation sites (tertiary alicyclic amines) is 1. The summed E-state index contributed by atoms with van der Waals surface area (Å²) in [6.45, 7) is 8.44. The molecule has 2 rings (SSSR count). The number of halogens is 1. The number of amides is 1. The van der Waals surface area contributed by atoms with Gasteiger partial charge in [0.05, 0.1) is 0 Å². The Morgan fingerprint density at radius 2 is 2.07 bits per heavy atom. The highest BCUT2D eigenvalue weighted by Gasteiger charge is 2.53. The maximum atomic E-state index is 12.1. The molecule has 1 saturated heterocycles. The van der Waals surface area contributed by atoms with E-state index in [1.54, 1.807) is 0 Å². The molecule has 0 bridgehead atoms. The Morgan fingerprint density at radius 3 is 2.47 bits per heavy atom. The van der Waals surface area contributed by atoms with Gasteiger partial charge < -0.3 is 4.90 Å². The van der Waals surface area contributed by atoms with Crippen molar-refractivity contribution in [1.82, 2.24) is 4.90 Å². The molecule has 0 radical (unpaired) electrons. The van der Waals surface area contributed by atoms with Crippen molar-refractivity contribution in [3.63, 3.8) is 0 Å². The van der Waals surface area contributed by atoms with E-state index < -0.39 is 0 Å². The van der Waals surface area contributed by atoms with Gasteiger partial charge in [0, 0.05) is 23.8 Å². The molecule has 15 heavy (non-hydrogen) atoms. The van der Waals surface area contributed by atoms with Crippen molar-refractivity contribution in [3.05, 3.63) is 0 Å². The molecule has 1 aliphatic heterocycles. The molecular formula is C12H20BrNO. The second kappa shape index (κ2) is 3.76. The molecule has 3 heteroatoms. The fourth-order valence-electron chi connectivity index (χ4n) is 2.51. The van der Waals surface area contributed by atoms with Crippen LogP contribution < -0.4 is 0 Å². The molecule has 1 heterocycles. The predicted molar refractivity (Wildman–Crippen MR) is 65.0 cm³/mol. The first kappa shape index (κ1) is 11.4. The minimum absolute atomic E-state index is 0.267. The molecular weight excluding hydrogens is 254 g/mol. The van der Waals surface area contributed by atoms with Crippen LogP contribution in [0.15, 0.2) is 0 Å². The minimum Gasteiger partial charge on any atom is -0.341 e. The molecule has 3 unspecified atom stereocenters. The zero-order valence-corrected chi connectivity index (χ0v) is 11.4. The number of nitrogens with zero attached hydrogens (tertiary/aromatic N) is 1. The molecule has 3 atom stereocenters. The molecule has 0 spiro atoms. The van der Waals surface area contributed by atoms with Crippen LogP contribution in [0.25, 0.3) is 0 Å². The summed E-state index contributed by atoms with van der Waals surface area (Å²) in [5.41, 5.74) is 0.267. The smallest absolute Gasteiger partial charge is 0.226 e. The average Bonchev–Trinajstić information content (AvgIpc) is 2.64. The number of carbonyl (C=O) groups is 1. The van der Waals surface area contributed by atoms with E-state index in [-0.39, 0.29) is 5.41 Å². The van der Waals surface area contributed by atoms with E-state index in [9.17, 15) is 4.79 Å². The second-order valence-corrected chi connectivity index (χ2v) is 6.85. The van der Waals surface area contributed by atoms with E-state index in [1.165, 1.54) is 0 Å². The summed E-state index contributed by atoms with van der Waals surface area (Å²) in [6.07, 6.45) is 2.24. The number of hydrogen-bond donors (Lipinski definition) is 0. The van der Waals surface area contributed by atoms with E-state index in [2.05, 4.69) is 41.6 Å². The summed E-state index contributed by atoms with van der Waals surface area (Å²) in [7, 11) is 0. The van der Waals surface area contributed by atoms with E-state index >= 15 is 0 Å². The molecule has 0 aromatic rings. The second-order valence-electron chi connectivity index (χ2n) is 5.67. The summed E-state index contributed by atoms with van der Waals surface area (Å²) in [5, 5.41) is 0. The van der Waals surface area contributed by atoms with Crippen LogP contribution in [0.3, 0.4) is 0 Å². The van der Waals surface area contributed by atoms with Crippen LogP contribution in [0, 0.1) is 17.3 Å². The lowest BCUT2D eigenvalue weighted by Crippen LogP contribution is -2.31. The fourth-order valence-corrected chi connectivity index (χ4v) is 3.40. The highest BCUT2D eigenvalue weighted by atomic mass is 79.9. The summed E-state index contributed by atoms with van der Waals surface area (Å²) < 4.78 is 0. The van der Waals surface area contributed by atoms with Crippen LogP contribution in [0.4, 0.5) is 0 Å². The Balaban J connectivity index is 1.94. The van der Waals surface area contributed by atoms with Crippen LogP contribution in [0.2, 0.25) is 0 Å². The highest BCUT2D eigenvalue weighted by Crippen LogP contribution is 2.52. The fraction of sp³-hybridized carbons (Fsp3) is 0.917. The Bertz CT molecular complexity index is 277. The molecule has 1 aliphatic carbocycles. The maximum Gasteiger partial charge on any atom is 0.226 e. The number of carbonyl (C=O) groups excluding carboxylic acids is 1. The third kappa shape index (κ3) is 2.08. The lowest BCUT2D eigenvalue weighted by atomic mass is 10.1. The van der Waals surface area contributed by atoms with Crippen LogP contribution in [-0.2, 0) is 4.79 Å². The van der Waals surface area contributed by atoms with Crippen LogP contribution in [0.5, 0.6) is 0 Å². The average molecular weight is 274 g/mol. The van der Waals surface area contributed by atoms with Gasteiger partial charge >= 0.3 is 0 Å². The lowest BCUT2D eigenvalue weighted by molar-refractivity contribution is -0.132. The van der Waals surface area contributed by atoms with Crippen LogP contribution in [0.1, 0.15) is 33.6 Å². The zero-order valence-electron chi connectivity index (χ0n) is 9.79. The van der Waals surface area contributed by atoms with E-state index in [0.29, 0.717) is 22.6 Å². The quantitative estimate of drug-likeness (QED) is 0.709. The van der Waals surface area contributed by atoms with Gasteiger partial charge in [-0.05, 0) is 17.8 Å². The Hall–Kier alpha value is -0.0500. The van der Waals surface area contributed by atoms with Gasteiger partial charge in [-0.15, -0.1) is 0 Å². The van der Waals surface area contributed by atoms with Crippen molar-refractivity contribution < 1.29 is 4.79 Å². The summed E-state index contributed by atoms with van der Waals surface area (Å²) in [6, 6.07) is 0. The van der Waals surface area contributed by atoms with Gasteiger partial charge in [0.2, 0.25) is 5.91 Å². The molecule has 0 aromatic carbocycles. The van der Waals surface area contributed by atoms with Gasteiger partial charge in [-0.1, -0.05) is 43.1 Å². The zero-order chi connectivity index (χ0) is 11.2. The van der Waals surface area contributed by atoms with E-state index in [4.69, 9.17) is 0 Å². The van der Waals surface area contributed by atoms with Gasteiger partial charge in [0.15, 0.2) is 0 Å². The molecule has 1 saturated carbocycles. The third-order valence-electron chi connectivity index (χ3n) is 4.01. The van der Waals surface area contributed by atoms with Gasteiger partial charge in [-0.25, -0.2) is 0 Å². The normalized spacial score (nSPS) is 38.1. The van der Waals surface area contributed by atoms with Crippen LogP contribution >= 0.6 is 15.9 Å². The first-order valence-corrected chi connectivity index (χ1v) is 6.80. The Morgan fingerprint density at radius 1 is 1.47 bits per heavy atom. The van der Waals surface area contributed by atoms with Gasteiger partial charge in [0.1, 0.15) is 0 Å². The standard InChI is InChI=1S/C12H20BrNO/c1-4-8-6-14(7-10(8)13)11(15)9-5-12(9,2)3/h8-10H,4-7H2,1-3H3. The number of alkyl halides is 1. The first-order chi connectivity index (χ1) is 6.95. The topological polar surface area (TPSA) is 20.3 Å². The molecule has 0 aromatic heterocycles. The number of rotatable bonds is 2. The van der Waals surface area contributed by atoms with E-state index in [1.807, 2.05) is 0 Å². The summed E-state index contributed by atoms with van der Waals surface area (Å²) in [5.74, 6) is 1.34. The summed E-state index contributed by atoms with van der Waals surface area (Å²) >= 11 is 3.68. The third-order valence-corrected chi connectivity index (χ3v) is 5.05. The van der Waals surface area contributed by atoms with E-state index in [0.717, 1.165) is 25.9 Å². The Kier molecular flexibility index (Phi) is 2.87. The van der Waals surface area contributed by atoms with Crippen LogP contribution in [-0.4, -0.2) is 28.7 Å². The van der Waals surface area contributed by atoms with Gasteiger partial charge in [-0.2, -0.15) is 0 Å². The molecule has 1 amide bonds. The monoisotopic (exact) mass is 273 g/mol. The van der Waals surface area contributed by atoms with Crippen molar-refractivity contribution in [2.45, 2.75) is 38.4 Å². The molecule has 2 nitrogen and oxygen atoms in total. The molecule has 2 fully saturated rings. The molecule has 2 aliphatic rings. The van der Waals surface area contributed by atoms with Crippen molar-refractivity contribution in [3.8, 4) is 0 Å². The summed E-state index contributed by atoms with van der Waals surface area (Å²) in [4.78, 5) is 14.7. The van der Waals surface area contributed by atoms with Crippen molar-refractivity contribution in [2.75, 3.05) is 13.1 Å². The van der Waals surface area contributed by atoms with Crippen molar-refractivity contribution >= 4 is 21.8 Å². The molecule has 0 N–H and O–H groups in total. The van der Waals surface area contributed by atoms with Crippen molar-refractivity contribution in [1.29, 1.82) is 0 Å². The number of hydrogen-bond acceptors (Lipinski definition) is 1. The highest BCUT2D eigenvalue weighted by molar-refractivity contribution is 9.09. The SMILES string of the molecule is CCC1CN(C(=O)C2CC2(C)C)CC1Br. The lowest BCUT2D eigenvalue weighted by Gasteiger charge is -2.17. The van der Waals surface area contributed by atoms with Gasteiger partial charge in [0.25, 0.3) is 0 Å². The largest absolute Gasteiger partial charge is 0.341 e. The molecule has 86 valence electrons. The predicted octanol–water partition coefficient (Wildman–Crippen LogP) is 2.66. The maximum absolute atomic E-state index is 12.1. The van der Waals surface area contributed by atoms with Gasteiger partial charge in [-0.3, -0.25) is 4.79 Å². The first-order valence-electron chi connectivity index (χ1n) is 5.88. The minimum atomic E-state index is 0.267. The van der Waals surface area contributed by atoms with Crippen molar-refractivity contribution in [2.24, 2.45) is 17.3 Å². The Labute approximate surface area is 101 Å².